The molecule has 0 bridgehead atoms. The van der Waals surface area contributed by atoms with Crippen molar-refractivity contribution >= 4 is 13.2 Å². The summed E-state index contributed by atoms with van der Waals surface area (Å²) in [5.41, 5.74) is 0.928. The third-order valence-electron chi connectivity index (χ3n) is 8.98. The molecule has 2 aliphatic rings. The maximum Gasteiger partial charge on any atom is 0.463 e. The number of benzene rings is 4. The van der Waals surface area contributed by atoms with Crippen molar-refractivity contribution in [2.24, 2.45) is 0 Å². The van der Waals surface area contributed by atoms with Crippen molar-refractivity contribution in [3.8, 4) is 0 Å². The molecule has 1 heterocycles. The monoisotopic (exact) mass is 619 g/mol. The number of rotatable bonds is 10. The zero-order valence-corrected chi connectivity index (χ0v) is 27.1. The second-order valence-electron chi connectivity index (χ2n) is 13.0. The van der Waals surface area contributed by atoms with Crippen LogP contribution in [0.15, 0.2) is 121 Å². The summed E-state index contributed by atoms with van der Waals surface area (Å²) in [6, 6.07) is 40.4. The molecule has 0 unspecified atom stereocenters. The summed E-state index contributed by atoms with van der Waals surface area (Å²) in [6.45, 7) is 5.55. The number of hydrogen-bond acceptors (Lipinski definition) is 6. The Morgan fingerprint density at radius 3 is 1.30 bits per heavy atom. The van der Waals surface area contributed by atoms with Gasteiger partial charge in [-0.3, -0.25) is 0 Å². The number of hydrogen-bond donors (Lipinski definition) is 1. The second kappa shape index (κ2) is 13.0. The predicted octanol–water partition coefficient (Wildman–Crippen LogP) is 7.11. The summed E-state index contributed by atoms with van der Waals surface area (Å²) in [5.74, 6) is -0.0952. The van der Waals surface area contributed by atoms with E-state index in [1.165, 1.54) is 0 Å². The standard InChI is InChI=1S/C38H42BNO6/c1-36(2,3)44-35(41)40-32-26-31(32)39-45-33(37(42-4,27-18-10-6-11-19-27)28-20-12-7-13-21-28)34(46-39)38(43-5,29-22-14-8-15-23-29)30-24-16-9-17-25-30/h6-25,31-34H,26H2,1-5H3,(H,40,41)/t31-,32-,33-,34-/m1/s1. The molecule has 238 valence electrons. The van der Waals surface area contributed by atoms with E-state index in [9.17, 15) is 4.79 Å². The maximum absolute atomic E-state index is 12.7. The average molecular weight is 620 g/mol. The summed E-state index contributed by atoms with van der Waals surface area (Å²) < 4.78 is 33.1. The van der Waals surface area contributed by atoms with Crippen LogP contribution in [0.1, 0.15) is 49.4 Å². The first-order valence-corrected chi connectivity index (χ1v) is 15.9. The normalized spacial score (nSPS) is 21.5. The molecule has 4 aromatic rings. The van der Waals surface area contributed by atoms with Gasteiger partial charge in [0.25, 0.3) is 0 Å². The van der Waals surface area contributed by atoms with Gasteiger partial charge in [-0.25, -0.2) is 4.79 Å². The zero-order chi connectivity index (χ0) is 32.4. The molecule has 4 aromatic carbocycles. The molecular formula is C38H42BNO6. The van der Waals surface area contributed by atoms with E-state index >= 15 is 0 Å². The van der Waals surface area contributed by atoms with Gasteiger partial charge in [0.05, 0.1) is 0 Å². The number of amides is 1. The Morgan fingerprint density at radius 2 is 1.00 bits per heavy atom. The van der Waals surface area contributed by atoms with E-state index in [1.807, 2.05) is 93.6 Å². The van der Waals surface area contributed by atoms with E-state index in [4.69, 9.17) is 23.5 Å². The average Bonchev–Trinajstić information content (AvgIpc) is 3.69. The Kier molecular flexibility index (Phi) is 9.08. The summed E-state index contributed by atoms with van der Waals surface area (Å²) in [6.07, 6.45) is -1.13. The first-order chi connectivity index (χ1) is 22.2. The van der Waals surface area contributed by atoms with Crippen LogP contribution in [0.5, 0.6) is 0 Å². The van der Waals surface area contributed by atoms with E-state index in [-0.39, 0.29) is 11.9 Å². The van der Waals surface area contributed by atoms with E-state index < -0.39 is 42.2 Å². The highest BCUT2D eigenvalue weighted by Crippen LogP contribution is 2.54. The van der Waals surface area contributed by atoms with Gasteiger partial charge in [-0.05, 0) is 49.4 Å². The van der Waals surface area contributed by atoms with Gasteiger partial charge in [0, 0.05) is 26.1 Å². The van der Waals surface area contributed by atoms with Crippen molar-refractivity contribution in [1.82, 2.24) is 5.32 Å². The van der Waals surface area contributed by atoms with Crippen LogP contribution in [0, 0.1) is 0 Å². The Bertz CT molecular complexity index is 1400. The Balaban J connectivity index is 1.50. The van der Waals surface area contributed by atoms with Crippen molar-refractivity contribution in [3.63, 3.8) is 0 Å². The summed E-state index contributed by atoms with van der Waals surface area (Å²) in [4.78, 5) is 12.7. The molecule has 6 rings (SSSR count). The third-order valence-corrected chi connectivity index (χ3v) is 8.98. The maximum atomic E-state index is 12.7. The lowest BCUT2D eigenvalue weighted by Crippen LogP contribution is -2.56. The van der Waals surface area contributed by atoms with Crippen LogP contribution in [-0.2, 0) is 34.7 Å². The van der Waals surface area contributed by atoms with Crippen LogP contribution in [0.25, 0.3) is 0 Å². The van der Waals surface area contributed by atoms with Crippen LogP contribution in [0.3, 0.4) is 0 Å². The number of ether oxygens (including phenoxy) is 3. The Morgan fingerprint density at radius 1 is 0.652 bits per heavy atom. The van der Waals surface area contributed by atoms with Gasteiger partial charge in [-0.2, -0.15) is 0 Å². The Labute approximate surface area is 272 Å². The number of nitrogens with one attached hydrogen (secondary N) is 1. The summed E-state index contributed by atoms with van der Waals surface area (Å²) >= 11 is 0. The first kappa shape index (κ1) is 32.0. The molecule has 0 aromatic heterocycles. The molecule has 0 spiro atoms. The lowest BCUT2D eigenvalue weighted by molar-refractivity contribution is -0.136. The topological polar surface area (TPSA) is 75.3 Å². The molecule has 1 saturated heterocycles. The van der Waals surface area contributed by atoms with Crippen LogP contribution in [0.2, 0.25) is 5.82 Å². The SMILES string of the molecule is COC(c1ccccc1)(c1ccccc1)[C@@H]1OB([C@@H]2C[C@H]2NC(=O)OC(C)(C)C)O[C@H]1C(OC)(c1ccccc1)c1ccccc1. The van der Waals surface area contributed by atoms with Crippen molar-refractivity contribution in [1.29, 1.82) is 0 Å². The summed E-state index contributed by atoms with van der Waals surface area (Å²) in [7, 11) is 2.79. The minimum absolute atomic E-state index is 0.0952. The van der Waals surface area contributed by atoms with Gasteiger partial charge in [0.2, 0.25) is 0 Å². The Hall–Kier alpha value is -3.95. The molecule has 46 heavy (non-hydrogen) atoms. The van der Waals surface area contributed by atoms with Gasteiger partial charge in [-0.15, -0.1) is 0 Å². The predicted molar refractivity (Wildman–Crippen MR) is 178 cm³/mol. The van der Waals surface area contributed by atoms with E-state index in [0.717, 1.165) is 22.3 Å². The summed E-state index contributed by atoms with van der Waals surface area (Å²) in [5, 5.41) is 3.02. The lowest BCUT2D eigenvalue weighted by atomic mass is 9.71. The van der Waals surface area contributed by atoms with Gasteiger partial charge < -0.3 is 28.8 Å². The molecule has 4 atom stereocenters. The highest BCUT2D eigenvalue weighted by atomic mass is 16.7. The van der Waals surface area contributed by atoms with Crippen molar-refractivity contribution in [3.05, 3.63) is 144 Å². The van der Waals surface area contributed by atoms with Crippen LogP contribution >= 0.6 is 0 Å². The second-order valence-corrected chi connectivity index (χ2v) is 13.0. The van der Waals surface area contributed by atoms with E-state index in [2.05, 4.69) is 53.8 Å². The van der Waals surface area contributed by atoms with Crippen molar-refractivity contribution in [2.45, 2.75) is 68.1 Å². The van der Waals surface area contributed by atoms with Gasteiger partial charge in [0.15, 0.2) is 0 Å². The molecule has 1 saturated carbocycles. The largest absolute Gasteiger partial charge is 0.463 e. The van der Waals surface area contributed by atoms with Crippen molar-refractivity contribution < 1.29 is 28.3 Å². The first-order valence-electron chi connectivity index (χ1n) is 15.9. The molecule has 7 nitrogen and oxygen atoms in total. The van der Waals surface area contributed by atoms with Crippen LogP contribution in [0.4, 0.5) is 4.79 Å². The highest BCUT2D eigenvalue weighted by molar-refractivity contribution is 6.49. The number of carbonyl (C=O) groups excluding carboxylic acids is 1. The number of alkyl carbamates (subject to hydrolysis) is 1. The number of methoxy groups -OCH3 is 2. The minimum Gasteiger partial charge on any atom is -0.444 e. The number of carbonyl (C=O) groups is 1. The fourth-order valence-corrected chi connectivity index (χ4v) is 6.86. The molecule has 2 fully saturated rings. The smallest absolute Gasteiger partial charge is 0.444 e. The van der Waals surface area contributed by atoms with Gasteiger partial charge in [0.1, 0.15) is 29.0 Å². The molecule has 1 amide bonds. The van der Waals surface area contributed by atoms with E-state index in [0.29, 0.717) is 6.42 Å². The van der Waals surface area contributed by atoms with Gasteiger partial charge >= 0.3 is 13.2 Å². The van der Waals surface area contributed by atoms with Crippen LogP contribution < -0.4 is 5.32 Å². The lowest BCUT2D eigenvalue weighted by Gasteiger charge is -2.47. The van der Waals surface area contributed by atoms with E-state index in [1.54, 1.807) is 14.2 Å². The molecule has 1 aliphatic heterocycles. The quantitative estimate of drug-likeness (QED) is 0.191. The molecule has 1 N–H and O–H groups in total. The zero-order valence-electron chi connectivity index (χ0n) is 27.1. The minimum atomic E-state index is -1.09. The van der Waals surface area contributed by atoms with Crippen LogP contribution in [-0.4, -0.2) is 51.3 Å². The fraction of sp³-hybridized carbons (Fsp3) is 0.342. The highest BCUT2D eigenvalue weighted by Gasteiger charge is 2.65. The molecule has 0 radical (unpaired) electrons. The van der Waals surface area contributed by atoms with Gasteiger partial charge in [-0.1, -0.05) is 121 Å². The third kappa shape index (κ3) is 5.98. The molecular weight excluding hydrogens is 577 g/mol. The van der Waals surface area contributed by atoms with Crippen molar-refractivity contribution in [2.75, 3.05) is 14.2 Å². The fourth-order valence-electron chi connectivity index (χ4n) is 6.86. The molecule has 8 heteroatoms. The molecule has 1 aliphatic carbocycles.